The molecule has 2 heterocycles. The Balaban J connectivity index is 2.17. The molecule has 3 aromatic rings. The summed E-state index contributed by atoms with van der Waals surface area (Å²) in [4.78, 5) is 4.11. The first-order valence-corrected chi connectivity index (χ1v) is 5.77. The molecule has 0 saturated heterocycles. The quantitative estimate of drug-likeness (QED) is 0.640. The Bertz CT molecular complexity index is 819. The van der Waals surface area contributed by atoms with E-state index >= 15 is 0 Å². The molecule has 0 N–H and O–H groups in total. The summed E-state index contributed by atoms with van der Waals surface area (Å²) < 4.78 is 15.0. The summed E-state index contributed by atoms with van der Waals surface area (Å²) in [5.41, 5.74) is 1.69. The Labute approximate surface area is 112 Å². The van der Waals surface area contributed by atoms with Crippen molar-refractivity contribution in [2.75, 3.05) is 0 Å². The number of aromatic nitrogens is 3. The molecule has 0 bridgehead atoms. The average molecular weight is 273 g/mol. The summed E-state index contributed by atoms with van der Waals surface area (Å²) in [5, 5.41) is 13.4. The van der Waals surface area contributed by atoms with E-state index in [9.17, 15) is 4.39 Å². The minimum Gasteiger partial charge on any atom is -0.237 e. The van der Waals surface area contributed by atoms with Crippen molar-refractivity contribution in [3.63, 3.8) is 0 Å². The number of nitriles is 1. The van der Waals surface area contributed by atoms with Crippen LogP contribution in [0.25, 0.3) is 16.9 Å². The lowest BCUT2D eigenvalue weighted by atomic mass is 10.1. The van der Waals surface area contributed by atoms with Crippen molar-refractivity contribution in [1.82, 2.24) is 14.6 Å². The van der Waals surface area contributed by atoms with Gasteiger partial charge in [0.2, 0.25) is 0 Å². The van der Waals surface area contributed by atoms with E-state index in [0.29, 0.717) is 22.1 Å². The number of hydrogen-bond donors (Lipinski definition) is 0. The lowest BCUT2D eigenvalue weighted by molar-refractivity contribution is 0.624. The highest BCUT2D eigenvalue weighted by atomic mass is 35.5. The van der Waals surface area contributed by atoms with Gasteiger partial charge in [-0.25, -0.2) is 13.9 Å². The molecular weight excluding hydrogens is 267 g/mol. The Hall–Kier alpha value is -2.45. The Morgan fingerprint density at radius 1 is 1.26 bits per heavy atom. The standard InChI is InChI=1S/C13H6ClFN4/c14-12-3-4-17-13-6-11(18-19(12)13)8-1-2-9(7-16)10(15)5-8/h1-6H. The minimum absolute atomic E-state index is 0.00340. The predicted molar refractivity (Wildman–Crippen MR) is 68.1 cm³/mol. The maximum absolute atomic E-state index is 13.6. The lowest BCUT2D eigenvalue weighted by Crippen LogP contribution is -1.91. The maximum Gasteiger partial charge on any atom is 0.157 e. The van der Waals surface area contributed by atoms with Gasteiger partial charge >= 0.3 is 0 Å². The number of fused-ring (bicyclic) bond motifs is 1. The maximum atomic E-state index is 13.6. The van der Waals surface area contributed by atoms with Gasteiger partial charge in [-0.1, -0.05) is 17.7 Å². The highest BCUT2D eigenvalue weighted by Crippen LogP contribution is 2.22. The molecule has 0 atom stereocenters. The van der Waals surface area contributed by atoms with E-state index in [1.165, 1.54) is 16.6 Å². The van der Waals surface area contributed by atoms with Crippen LogP contribution in [0.1, 0.15) is 5.56 Å². The second-order valence-corrected chi connectivity index (χ2v) is 4.26. The van der Waals surface area contributed by atoms with Crippen LogP contribution in [0.4, 0.5) is 4.39 Å². The van der Waals surface area contributed by atoms with Gasteiger partial charge in [-0.2, -0.15) is 10.4 Å². The lowest BCUT2D eigenvalue weighted by Gasteiger charge is -1.98. The van der Waals surface area contributed by atoms with Crippen LogP contribution in [0.5, 0.6) is 0 Å². The fourth-order valence-corrected chi connectivity index (χ4v) is 1.95. The molecule has 19 heavy (non-hydrogen) atoms. The number of nitrogens with zero attached hydrogens (tertiary/aromatic N) is 4. The number of halogens is 2. The van der Waals surface area contributed by atoms with Crippen LogP contribution >= 0.6 is 11.6 Å². The zero-order valence-electron chi connectivity index (χ0n) is 9.51. The summed E-state index contributed by atoms with van der Waals surface area (Å²) in [6.45, 7) is 0. The Morgan fingerprint density at radius 2 is 2.11 bits per heavy atom. The predicted octanol–water partition coefficient (Wildman–Crippen LogP) is 3.06. The third-order valence-electron chi connectivity index (χ3n) is 2.70. The third kappa shape index (κ3) is 1.92. The molecule has 0 spiro atoms. The minimum atomic E-state index is -0.573. The van der Waals surface area contributed by atoms with Crippen molar-refractivity contribution < 1.29 is 4.39 Å². The van der Waals surface area contributed by atoms with Gasteiger partial charge < -0.3 is 0 Å². The van der Waals surface area contributed by atoms with Crippen molar-refractivity contribution in [3.05, 3.63) is 53.1 Å². The first-order valence-electron chi connectivity index (χ1n) is 5.39. The topological polar surface area (TPSA) is 54.0 Å². The van der Waals surface area contributed by atoms with E-state index < -0.39 is 5.82 Å². The van der Waals surface area contributed by atoms with E-state index in [-0.39, 0.29) is 5.56 Å². The molecule has 0 unspecified atom stereocenters. The van der Waals surface area contributed by atoms with Crippen molar-refractivity contribution in [2.45, 2.75) is 0 Å². The first-order chi connectivity index (χ1) is 9.19. The highest BCUT2D eigenvalue weighted by Gasteiger charge is 2.10. The summed E-state index contributed by atoms with van der Waals surface area (Å²) in [5.74, 6) is -0.573. The molecule has 0 amide bonds. The SMILES string of the molecule is N#Cc1ccc(-c2cc3nccc(Cl)n3n2)cc1F. The first kappa shape index (κ1) is 11.6. The zero-order chi connectivity index (χ0) is 13.4. The van der Waals surface area contributed by atoms with Gasteiger partial charge in [0.15, 0.2) is 5.65 Å². The highest BCUT2D eigenvalue weighted by molar-refractivity contribution is 6.29. The molecule has 0 aliphatic rings. The summed E-state index contributed by atoms with van der Waals surface area (Å²) in [6, 6.07) is 9.42. The third-order valence-corrected chi connectivity index (χ3v) is 2.98. The van der Waals surface area contributed by atoms with Crippen LogP contribution in [0.3, 0.4) is 0 Å². The normalized spacial score (nSPS) is 10.6. The fourth-order valence-electron chi connectivity index (χ4n) is 1.77. The molecule has 0 radical (unpaired) electrons. The van der Waals surface area contributed by atoms with Gasteiger partial charge in [0, 0.05) is 17.8 Å². The van der Waals surface area contributed by atoms with Crippen LogP contribution < -0.4 is 0 Å². The molecule has 0 aliphatic heterocycles. The largest absolute Gasteiger partial charge is 0.237 e. The molecule has 2 aromatic heterocycles. The molecule has 0 aliphatic carbocycles. The van der Waals surface area contributed by atoms with Crippen LogP contribution in [-0.4, -0.2) is 14.6 Å². The molecule has 3 rings (SSSR count). The van der Waals surface area contributed by atoms with Gasteiger partial charge in [0.25, 0.3) is 0 Å². The summed E-state index contributed by atoms with van der Waals surface area (Å²) in [7, 11) is 0. The second-order valence-electron chi connectivity index (χ2n) is 3.87. The van der Waals surface area contributed by atoms with Gasteiger partial charge in [0.1, 0.15) is 17.0 Å². The van der Waals surface area contributed by atoms with E-state index in [1.807, 2.05) is 0 Å². The Morgan fingerprint density at radius 3 is 2.79 bits per heavy atom. The second kappa shape index (κ2) is 4.34. The van der Waals surface area contributed by atoms with Gasteiger partial charge in [-0.3, -0.25) is 0 Å². The average Bonchev–Trinajstić information content (AvgIpc) is 2.84. The van der Waals surface area contributed by atoms with Crippen molar-refractivity contribution in [3.8, 4) is 17.3 Å². The van der Waals surface area contributed by atoms with Gasteiger partial charge in [-0.05, 0) is 18.2 Å². The Kier molecular flexibility index (Phi) is 2.65. The monoisotopic (exact) mass is 272 g/mol. The number of benzene rings is 1. The summed E-state index contributed by atoms with van der Waals surface area (Å²) >= 11 is 5.98. The van der Waals surface area contributed by atoms with E-state index in [4.69, 9.17) is 16.9 Å². The van der Waals surface area contributed by atoms with Gasteiger partial charge in [-0.15, -0.1) is 0 Å². The number of hydrogen-bond acceptors (Lipinski definition) is 3. The van der Waals surface area contributed by atoms with Gasteiger partial charge in [0.05, 0.1) is 11.3 Å². The van der Waals surface area contributed by atoms with Crippen LogP contribution in [-0.2, 0) is 0 Å². The molecule has 4 nitrogen and oxygen atoms in total. The van der Waals surface area contributed by atoms with Crippen LogP contribution in [0, 0.1) is 17.1 Å². The van der Waals surface area contributed by atoms with Crippen LogP contribution in [0.2, 0.25) is 5.15 Å². The van der Waals surface area contributed by atoms with E-state index in [2.05, 4.69) is 10.1 Å². The summed E-state index contributed by atoms with van der Waals surface area (Å²) in [6.07, 6.45) is 1.57. The molecular formula is C13H6ClFN4. The van der Waals surface area contributed by atoms with E-state index in [1.54, 1.807) is 30.5 Å². The fraction of sp³-hybridized carbons (Fsp3) is 0. The van der Waals surface area contributed by atoms with Crippen molar-refractivity contribution in [1.29, 1.82) is 5.26 Å². The zero-order valence-corrected chi connectivity index (χ0v) is 10.3. The van der Waals surface area contributed by atoms with Crippen molar-refractivity contribution in [2.24, 2.45) is 0 Å². The smallest absolute Gasteiger partial charge is 0.157 e. The van der Waals surface area contributed by atoms with Crippen molar-refractivity contribution >= 4 is 17.2 Å². The molecule has 1 aromatic carbocycles. The molecule has 92 valence electrons. The molecule has 6 heteroatoms. The molecule has 0 saturated carbocycles. The number of rotatable bonds is 1. The molecule has 0 fully saturated rings. The van der Waals surface area contributed by atoms with E-state index in [0.717, 1.165) is 0 Å². The van der Waals surface area contributed by atoms with Crippen LogP contribution in [0.15, 0.2) is 36.5 Å².